The van der Waals surface area contributed by atoms with Gasteiger partial charge in [-0.2, -0.15) is 0 Å². The second-order valence-electron chi connectivity index (χ2n) is 8.29. The molecule has 1 unspecified atom stereocenters. The number of benzene rings is 3. The lowest BCUT2D eigenvalue weighted by molar-refractivity contribution is 0.209. The van der Waals surface area contributed by atoms with E-state index in [9.17, 15) is 30.3 Å². The molecule has 4 rings (SSSR count). The lowest BCUT2D eigenvalue weighted by Gasteiger charge is -2.18. The van der Waals surface area contributed by atoms with Crippen molar-refractivity contribution in [2.75, 3.05) is 0 Å². The molecule has 5 N–H and O–H groups in total. The smallest absolute Gasteiger partial charge is 0.204 e. The first-order valence-corrected chi connectivity index (χ1v) is 10.6. The maximum atomic E-state index is 13.5. The Balaban J connectivity index is 1.99. The topological polar surface area (TPSA) is 131 Å². The van der Waals surface area contributed by atoms with Gasteiger partial charge in [-0.25, -0.2) is 0 Å². The van der Waals surface area contributed by atoms with Crippen LogP contribution in [0.5, 0.6) is 23.0 Å². The molecule has 0 aliphatic carbocycles. The van der Waals surface area contributed by atoms with Crippen LogP contribution in [-0.2, 0) is 12.8 Å². The third-order valence-electron chi connectivity index (χ3n) is 5.82. The van der Waals surface area contributed by atoms with Crippen LogP contribution in [0.2, 0.25) is 0 Å². The number of fused-ring (bicyclic) bond motifs is 1. The Hall–Kier alpha value is -4.23. The maximum Gasteiger partial charge on any atom is 0.204 e. The van der Waals surface area contributed by atoms with Gasteiger partial charge in [-0.05, 0) is 42.3 Å². The van der Waals surface area contributed by atoms with Crippen molar-refractivity contribution in [3.05, 3.63) is 93.9 Å². The molecule has 0 bridgehead atoms. The molecule has 1 heterocycles. The van der Waals surface area contributed by atoms with Gasteiger partial charge < -0.3 is 29.9 Å². The summed E-state index contributed by atoms with van der Waals surface area (Å²) in [6, 6.07) is 12.3. The first-order chi connectivity index (χ1) is 16.2. The number of rotatable bonds is 6. The molecule has 3 aromatic carbocycles. The van der Waals surface area contributed by atoms with E-state index in [1.54, 1.807) is 31.2 Å². The average Bonchev–Trinajstić information content (AvgIpc) is 2.81. The summed E-state index contributed by atoms with van der Waals surface area (Å²) >= 11 is 0. The highest BCUT2D eigenvalue weighted by molar-refractivity contribution is 5.92. The van der Waals surface area contributed by atoms with Crippen molar-refractivity contribution in [2.24, 2.45) is 0 Å². The van der Waals surface area contributed by atoms with E-state index >= 15 is 0 Å². The van der Waals surface area contributed by atoms with Gasteiger partial charge in [0.15, 0.2) is 0 Å². The minimum Gasteiger partial charge on any atom is -0.508 e. The molecule has 0 radical (unpaired) electrons. The average molecular weight is 460 g/mol. The van der Waals surface area contributed by atoms with Crippen molar-refractivity contribution >= 4 is 11.0 Å². The number of hydrogen-bond acceptors (Lipinski definition) is 7. The van der Waals surface area contributed by atoms with Crippen molar-refractivity contribution in [3.63, 3.8) is 0 Å². The summed E-state index contributed by atoms with van der Waals surface area (Å²) in [6.07, 6.45) is 0.177. The largest absolute Gasteiger partial charge is 0.508 e. The molecule has 1 aromatic heterocycles. The van der Waals surface area contributed by atoms with Gasteiger partial charge in [-0.3, -0.25) is 4.79 Å². The van der Waals surface area contributed by atoms with Gasteiger partial charge in [0.25, 0.3) is 0 Å². The zero-order valence-corrected chi connectivity index (χ0v) is 18.4. The van der Waals surface area contributed by atoms with Gasteiger partial charge in [0.1, 0.15) is 40.2 Å². The predicted octanol–water partition coefficient (Wildman–Crippen LogP) is 4.35. The molecule has 0 spiro atoms. The molecule has 1 atom stereocenters. The summed E-state index contributed by atoms with van der Waals surface area (Å²) in [5.74, 6) is -0.650. The fourth-order valence-electron chi connectivity index (χ4n) is 3.84. The highest BCUT2D eigenvalue weighted by Gasteiger charge is 2.26. The maximum absolute atomic E-state index is 13.5. The van der Waals surface area contributed by atoms with Crippen LogP contribution in [0.3, 0.4) is 0 Å². The van der Waals surface area contributed by atoms with Crippen LogP contribution < -0.4 is 5.43 Å². The summed E-state index contributed by atoms with van der Waals surface area (Å²) in [6.45, 7) is 5.33. The van der Waals surface area contributed by atoms with Crippen molar-refractivity contribution in [1.29, 1.82) is 0 Å². The first-order valence-electron chi connectivity index (χ1n) is 10.6. The molecule has 0 aliphatic heterocycles. The highest BCUT2D eigenvalue weighted by atomic mass is 16.3. The van der Waals surface area contributed by atoms with E-state index in [4.69, 9.17) is 4.42 Å². The molecule has 0 aliphatic rings. The molecule has 0 saturated heterocycles. The fourth-order valence-corrected chi connectivity index (χ4v) is 3.84. The van der Waals surface area contributed by atoms with Gasteiger partial charge in [0.05, 0.1) is 11.7 Å². The zero-order valence-electron chi connectivity index (χ0n) is 18.4. The van der Waals surface area contributed by atoms with Crippen molar-refractivity contribution in [3.8, 4) is 34.1 Å². The van der Waals surface area contributed by atoms with Gasteiger partial charge in [0.2, 0.25) is 5.43 Å². The molecular weight excluding hydrogens is 436 g/mol. The van der Waals surface area contributed by atoms with E-state index in [0.29, 0.717) is 11.1 Å². The van der Waals surface area contributed by atoms with Crippen LogP contribution in [0.1, 0.15) is 23.6 Å². The van der Waals surface area contributed by atoms with Gasteiger partial charge in [-0.15, -0.1) is 0 Å². The summed E-state index contributed by atoms with van der Waals surface area (Å²) in [5.41, 5.74) is 1.55. The van der Waals surface area contributed by atoms with E-state index in [-0.39, 0.29) is 57.7 Å². The Bertz CT molecular complexity index is 1430. The Morgan fingerprint density at radius 3 is 2.09 bits per heavy atom. The predicted molar refractivity (Wildman–Crippen MR) is 128 cm³/mol. The summed E-state index contributed by atoms with van der Waals surface area (Å²) in [4.78, 5) is 13.5. The van der Waals surface area contributed by atoms with E-state index in [0.717, 1.165) is 5.56 Å². The molecule has 34 heavy (non-hydrogen) atoms. The fraction of sp³-hybridized carbons (Fsp3) is 0.148. The standard InChI is InChI=1S/C27H24O7/c1-14(2)22(30)12-19-24(31)20(11-15-3-7-17(28)8-4-15)27-23(25(19)32)26(33)21(13-34-27)16-5-9-18(29)10-6-16/h3-10,13,22,28-32H,1,11-12H2,2H3. The van der Waals surface area contributed by atoms with Crippen LogP contribution in [0.4, 0.5) is 0 Å². The quantitative estimate of drug-likeness (QED) is 0.270. The molecule has 0 fully saturated rings. The lowest BCUT2D eigenvalue weighted by Crippen LogP contribution is -2.14. The van der Waals surface area contributed by atoms with Gasteiger partial charge in [0, 0.05) is 24.0 Å². The Labute approximate surface area is 195 Å². The van der Waals surface area contributed by atoms with E-state index in [2.05, 4.69) is 6.58 Å². The Kier molecular flexibility index (Phi) is 6.04. The Morgan fingerprint density at radius 2 is 1.50 bits per heavy atom. The molecule has 7 heteroatoms. The second-order valence-corrected chi connectivity index (χ2v) is 8.29. The minimum absolute atomic E-state index is 0.00642. The van der Waals surface area contributed by atoms with Crippen molar-refractivity contribution in [2.45, 2.75) is 25.9 Å². The summed E-state index contributed by atoms with van der Waals surface area (Å²) < 4.78 is 5.79. The second kappa shape index (κ2) is 8.96. The number of aliphatic hydroxyl groups is 1. The number of aliphatic hydroxyl groups excluding tert-OH is 1. The number of phenols is 4. The number of phenolic OH excluding ortho intramolecular Hbond substituents is 4. The minimum atomic E-state index is -1.05. The summed E-state index contributed by atoms with van der Waals surface area (Å²) in [7, 11) is 0. The van der Waals surface area contributed by atoms with E-state index in [1.165, 1.54) is 30.5 Å². The highest BCUT2D eigenvalue weighted by Crippen LogP contribution is 2.41. The lowest BCUT2D eigenvalue weighted by atomic mass is 9.92. The molecule has 4 aromatic rings. The van der Waals surface area contributed by atoms with Crippen LogP contribution in [0.15, 0.2) is 76.2 Å². The normalized spacial score (nSPS) is 12.1. The monoisotopic (exact) mass is 460 g/mol. The number of hydrogen-bond donors (Lipinski definition) is 5. The Morgan fingerprint density at radius 1 is 0.912 bits per heavy atom. The molecule has 0 saturated carbocycles. The van der Waals surface area contributed by atoms with Crippen molar-refractivity contribution < 1.29 is 29.9 Å². The molecular formula is C27H24O7. The van der Waals surface area contributed by atoms with Crippen LogP contribution in [0.25, 0.3) is 22.1 Å². The van der Waals surface area contributed by atoms with E-state index < -0.39 is 17.3 Å². The van der Waals surface area contributed by atoms with Crippen LogP contribution in [-0.4, -0.2) is 31.6 Å². The van der Waals surface area contributed by atoms with Crippen molar-refractivity contribution in [1.82, 2.24) is 0 Å². The van der Waals surface area contributed by atoms with Gasteiger partial charge >= 0.3 is 0 Å². The SMILES string of the molecule is C=C(C)C(O)Cc1c(O)c(Cc2ccc(O)cc2)c2occ(-c3ccc(O)cc3)c(=O)c2c1O. The first kappa shape index (κ1) is 22.9. The molecule has 174 valence electrons. The third kappa shape index (κ3) is 4.21. The third-order valence-corrected chi connectivity index (χ3v) is 5.82. The van der Waals surface area contributed by atoms with E-state index in [1.807, 2.05) is 0 Å². The zero-order chi connectivity index (χ0) is 24.6. The molecule has 0 amide bonds. The number of aromatic hydroxyl groups is 4. The van der Waals surface area contributed by atoms with Crippen LogP contribution in [0, 0.1) is 0 Å². The summed E-state index contributed by atoms with van der Waals surface area (Å²) in [5, 5.41) is 51.5. The van der Waals surface area contributed by atoms with Crippen LogP contribution >= 0.6 is 0 Å². The van der Waals surface area contributed by atoms with Gasteiger partial charge in [-0.1, -0.05) is 36.4 Å². The molecule has 7 nitrogen and oxygen atoms in total.